The number of benzene rings is 1. The van der Waals surface area contributed by atoms with Crippen molar-refractivity contribution in [2.75, 3.05) is 24.6 Å². The molecule has 8 nitrogen and oxygen atoms in total. The number of carbonyl (C=O) groups is 4. The van der Waals surface area contributed by atoms with Crippen LogP contribution >= 0.6 is 0 Å². The van der Waals surface area contributed by atoms with Crippen molar-refractivity contribution in [1.29, 1.82) is 0 Å². The Labute approximate surface area is 155 Å². The molecular formula is C19H19N3O5. The lowest BCUT2D eigenvalue weighted by molar-refractivity contribution is -0.136. The molecule has 0 spiro atoms. The molecule has 3 heterocycles. The van der Waals surface area contributed by atoms with Gasteiger partial charge in [0.1, 0.15) is 6.04 Å². The number of imide groups is 2. The fourth-order valence-electron chi connectivity index (χ4n) is 4.79. The summed E-state index contributed by atoms with van der Waals surface area (Å²) < 4.78 is 0. The number of fused-ring (bicyclic) bond motifs is 2. The van der Waals surface area contributed by atoms with Crippen LogP contribution in [0.3, 0.4) is 0 Å². The molecule has 1 saturated carbocycles. The first-order valence-corrected chi connectivity index (χ1v) is 9.21. The number of nitrogens with one attached hydrogen (secondary N) is 1. The average Bonchev–Trinajstić information content (AvgIpc) is 3.00. The number of rotatable bonds is 3. The van der Waals surface area contributed by atoms with Crippen molar-refractivity contribution in [2.45, 2.75) is 18.9 Å². The maximum atomic E-state index is 12.9. The van der Waals surface area contributed by atoms with Gasteiger partial charge in [-0.15, -0.1) is 0 Å². The molecular weight excluding hydrogens is 350 g/mol. The summed E-state index contributed by atoms with van der Waals surface area (Å²) in [6, 6.07) is 4.25. The van der Waals surface area contributed by atoms with Gasteiger partial charge in [-0.25, -0.2) is 0 Å². The fourth-order valence-corrected chi connectivity index (χ4v) is 4.79. The second kappa shape index (κ2) is 5.63. The van der Waals surface area contributed by atoms with Gasteiger partial charge < -0.3 is 10.0 Å². The zero-order chi connectivity index (χ0) is 18.9. The number of aliphatic hydroxyl groups is 1. The molecule has 4 amide bonds. The van der Waals surface area contributed by atoms with Crippen molar-refractivity contribution in [3.05, 3.63) is 29.3 Å². The van der Waals surface area contributed by atoms with Crippen LogP contribution in [0.1, 0.15) is 33.6 Å². The Morgan fingerprint density at radius 1 is 1.04 bits per heavy atom. The molecule has 1 unspecified atom stereocenters. The first kappa shape index (κ1) is 16.4. The summed E-state index contributed by atoms with van der Waals surface area (Å²) >= 11 is 0. The minimum absolute atomic E-state index is 0.109. The maximum Gasteiger partial charge on any atom is 0.262 e. The zero-order valence-electron chi connectivity index (χ0n) is 14.6. The number of aliphatic hydroxyl groups excluding tert-OH is 1. The lowest BCUT2D eigenvalue weighted by atomic mass is 10.0. The molecule has 8 heteroatoms. The third kappa shape index (κ3) is 2.32. The van der Waals surface area contributed by atoms with E-state index in [9.17, 15) is 24.3 Å². The molecule has 0 aromatic heterocycles. The van der Waals surface area contributed by atoms with E-state index in [-0.39, 0.29) is 25.4 Å². The van der Waals surface area contributed by atoms with Gasteiger partial charge in [0.25, 0.3) is 11.8 Å². The third-order valence-electron chi connectivity index (χ3n) is 6.37. The highest BCUT2D eigenvalue weighted by Crippen LogP contribution is 2.52. The predicted molar refractivity (Wildman–Crippen MR) is 92.9 cm³/mol. The van der Waals surface area contributed by atoms with Gasteiger partial charge in [-0.1, -0.05) is 0 Å². The molecule has 5 rings (SSSR count). The minimum Gasteiger partial charge on any atom is -0.396 e. The summed E-state index contributed by atoms with van der Waals surface area (Å²) in [5, 5.41) is 11.5. The molecule has 2 N–H and O–H groups in total. The number of amides is 4. The topological polar surface area (TPSA) is 107 Å². The second-order valence-electron chi connectivity index (χ2n) is 7.76. The van der Waals surface area contributed by atoms with Crippen LogP contribution in [-0.4, -0.2) is 59.4 Å². The number of piperidine rings is 2. The van der Waals surface area contributed by atoms with Crippen molar-refractivity contribution in [2.24, 2.45) is 17.8 Å². The van der Waals surface area contributed by atoms with E-state index >= 15 is 0 Å². The first-order chi connectivity index (χ1) is 13.0. The molecule has 1 aliphatic carbocycles. The van der Waals surface area contributed by atoms with Gasteiger partial charge in [-0.05, 0) is 42.4 Å². The van der Waals surface area contributed by atoms with Gasteiger partial charge in [0, 0.05) is 31.8 Å². The zero-order valence-corrected chi connectivity index (χ0v) is 14.6. The van der Waals surface area contributed by atoms with Crippen LogP contribution in [0.5, 0.6) is 0 Å². The Morgan fingerprint density at radius 3 is 2.41 bits per heavy atom. The highest BCUT2D eigenvalue weighted by molar-refractivity contribution is 6.23. The monoisotopic (exact) mass is 369 g/mol. The van der Waals surface area contributed by atoms with Crippen LogP contribution in [-0.2, 0) is 9.59 Å². The molecule has 3 fully saturated rings. The van der Waals surface area contributed by atoms with Crippen LogP contribution in [0.15, 0.2) is 18.2 Å². The van der Waals surface area contributed by atoms with Crippen molar-refractivity contribution in [3.8, 4) is 0 Å². The Hall–Kier alpha value is -2.74. The van der Waals surface area contributed by atoms with Crippen LogP contribution in [0.25, 0.3) is 0 Å². The van der Waals surface area contributed by atoms with Gasteiger partial charge in [0.15, 0.2) is 0 Å². The van der Waals surface area contributed by atoms with Gasteiger partial charge >= 0.3 is 0 Å². The first-order valence-electron chi connectivity index (χ1n) is 9.21. The van der Waals surface area contributed by atoms with Crippen LogP contribution in [0.4, 0.5) is 5.69 Å². The summed E-state index contributed by atoms with van der Waals surface area (Å²) in [5.74, 6) is -0.563. The minimum atomic E-state index is -0.941. The largest absolute Gasteiger partial charge is 0.396 e. The van der Waals surface area contributed by atoms with Crippen LogP contribution < -0.4 is 10.2 Å². The smallest absolute Gasteiger partial charge is 0.262 e. The maximum absolute atomic E-state index is 12.9. The quantitative estimate of drug-likeness (QED) is 0.713. The summed E-state index contributed by atoms with van der Waals surface area (Å²) in [6.07, 6.45) is 0.263. The molecule has 2 saturated heterocycles. The van der Waals surface area contributed by atoms with Gasteiger partial charge in [0.2, 0.25) is 11.8 Å². The molecule has 1 aromatic rings. The van der Waals surface area contributed by atoms with Gasteiger partial charge in [-0.2, -0.15) is 0 Å². The number of carbonyl (C=O) groups excluding carboxylic acids is 4. The molecule has 0 radical (unpaired) electrons. The van der Waals surface area contributed by atoms with E-state index in [1.807, 2.05) is 6.07 Å². The molecule has 1 aromatic carbocycles. The number of hydrogen-bond acceptors (Lipinski definition) is 6. The normalized spacial score (nSPS) is 31.9. The SMILES string of the molecule is O=C1CCC(N2C(=O)c3ccc(N4C[C@@H]5[C@@H](CO)[C@@H]5C4)cc3C2=O)C(=O)N1. The number of nitrogens with zero attached hydrogens (tertiary/aromatic N) is 2. The molecule has 0 bridgehead atoms. The Balaban J connectivity index is 1.39. The lowest BCUT2D eigenvalue weighted by Gasteiger charge is -2.27. The van der Waals surface area contributed by atoms with Crippen molar-refractivity contribution in [1.82, 2.24) is 10.2 Å². The van der Waals surface area contributed by atoms with E-state index in [2.05, 4.69) is 10.2 Å². The Bertz CT molecular complexity index is 885. The summed E-state index contributed by atoms with van der Waals surface area (Å²) in [6.45, 7) is 1.91. The van der Waals surface area contributed by atoms with E-state index in [0.29, 0.717) is 28.9 Å². The molecule has 3 aliphatic heterocycles. The summed E-state index contributed by atoms with van der Waals surface area (Å²) in [4.78, 5) is 52.2. The van der Waals surface area contributed by atoms with Crippen LogP contribution in [0.2, 0.25) is 0 Å². The highest BCUT2D eigenvalue weighted by atomic mass is 16.3. The molecule has 27 heavy (non-hydrogen) atoms. The van der Waals surface area contributed by atoms with Crippen LogP contribution in [0, 0.1) is 17.8 Å². The lowest BCUT2D eigenvalue weighted by Crippen LogP contribution is -2.54. The Morgan fingerprint density at radius 2 is 1.74 bits per heavy atom. The van der Waals surface area contributed by atoms with Crippen molar-refractivity contribution >= 4 is 29.3 Å². The Kier molecular flexibility index (Phi) is 3.42. The number of hydrogen-bond donors (Lipinski definition) is 2. The van der Waals surface area contributed by atoms with Crippen molar-refractivity contribution < 1.29 is 24.3 Å². The third-order valence-corrected chi connectivity index (χ3v) is 6.37. The number of anilines is 1. The van der Waals surface area contributed by atoms with E-state index in [4.69, 9.17) is 0 Å². The standard InChI is InChI=1S/C19H19N3O5/c23-8-14-12-6-21(7-13(12)14)9-1-2-10-11(5-9)19(27)22(18(10)26)15-3-4-16(24)20-17(15)25/h1-2,5,12-15,23H,3-4,6-8H2,(H,20,24,25)/t12-,13+,14+,15?. The van der Waals surface area contributed by atoms with E-state index < -0.39 is 23.8 Å². The molecule has 140 valence electrons. The van der Waals surface area contributed by atoms with E-state index in [0.717, 1.165) is 23.7 Å². The van der Waals surface area contributed by atoms with E-state index in [1.54, 1.807) is 12.1 Å². The highest BCUT2D eigenvalue weighted by Gasteiger charge is 2.55. The predicted octanol–water partition coefficient (Wildman–Crippen LogP) is -0.238. The van der Waals surface area contributed by atoms with Crippen molar-refractivity contribution in [3.63, 3.8) is 0 Å². The summed E-state index contributed by atoms with van der Waals surface area (Å²) in [7, 11) is 0. The molecule has 4 atom stereocenters. The summed E-state index contributed by atoms with van der Waals surface area (Å²) in [5.41, 5.74) is 1.48. The van der Waals surface area contributed by atoms with E-state index in [1.165, 1.54) is 0 Å². The van der Waals surface area contributed by atoms with Gasteiger partial charge in [-0.3, -0.25) is 29.4 Å². The van der Waals surface area contributed by atoms with Gasteiger partial charge in [0.05, 0.1) is 11.1 Å². The molecule has 4 aliphatic rings. The average molecular weight is 369 g/mol. The fraction of sp³-hybridized carbons (Fsp3) is 0.474. The second-order valence-corrected chi connectivity index (χ2v) is 7.76.